The lowest BCUT2D eigenvalue weighted by Gasteiger charge is -2.07. The van der Waals surface area contributed by atoms with Gasteiger partial charge >= 0.3 is 5.69 Å². The summed E-state index contributed by atoms with van der Waals surface area (Å²) in [6, 6.07) is 7.40. The van der Waals surface area contributed by atoms with Gasteiger partial charge in [0.25, 0.3) is 0 Å². The Balaban J connectivity index is 1.76. The molecule has 1 N–H and O–H groups in total. The van der Waals surface area contributed by atoms with Crippen molar-refractivity contribution in [1.29, 1.82) is 0 Å². The highest BCUT2D eigenvalue weighted by Crippen LogP contribution is 2.33. The van der Waals surface area contributed by atoms with E-state index in [4.69, 9.17) is 9.15 Å². The van der Waals surface area contributed by atoms with Gasteiger partial charge in [0.05, 0.1) is 12.4 Å². The van der Waals surface area contributed by atoms with Crippen LogP contribution in [0, 0.1) is 0 Å². The van der Waals surface area contributed by atoms with Crippen LogP contribution in [0.15, 0.2) is 38.6 Å². The van der Waals surface area contributed by atoms with Crippen molar-refractivity contribution in [1.82, 2.24) is 25.0 Å². The van der Waals surface area contributed by atoms with Gasteiger partial charge < -0.3 is 9.15 Å². The Morgan fingerprint density at radius 1 is 1.32 bits per heavy atom. The molecular formula is C16H19N5O3S. The molecule has 0 bridgehead atoms. The first-order valence-corrected chi connectivity index (χ1v) is 8.80. The number of methoxy groups -OCH3 is 1. The molecule has 1 atom stereocenters. The Morgan fingerprint density at radius 3 is 2.76 bits per heavy atom. The van der Waals surface area contributed by atoms with Crippen molar-refractivity contribution in [3.05, 3.63) is 40.6 Å². The first-order valence-electron chi connectivity index (χ1n) is 7.92. The largest absolute Gasteiger partial charge is 0.497 e. The molecule has 0 aliphatic carbocycles. The first kappa shape index (κ1) is 17.3. The minimum Gasteiger partial charge on any atom is -0.497 e. The van der Waals surface area contributed by atoms with Crippen LogP contribution in [0.5, 0.6) is 5.75 Å². The molecule has 0 radical (unpaired) electrons. The van der Waals surface area contributed by atoms with E-state index in [1.165, 1.54) is 11.8 Å². The lowest BCUT2D eigenvalue weighted by molar-refractivity contribution is 0.415. The van der Waals surface area contributed by atoms with E-state index >= 15 is 0 Å². The van der Waals surface area contributed by atoms with E-state index in [0.717, 1.165) is 17.7 Å². The highest BCUT2D eigenvalue weighted by Gasteiger charge is 2.19. The first-order chi connectivity index (χ1) is 12.1. The Morgan fingerprint density at radius 2 is 2.08 bits per heavy atom. The number of hydrogen-bond acceptors (Lipinski definition) is 7. The number of ether oxygens (including phenoxy) is 1. The number of thioether (sulfide) groups is 1. The molecule has 0 aliphatic heterocycles. The number of rotatable bonds is 7. The monoisotopic (exact) mass is 361 g/mol. The fourth-order valence-electron chi connectivity index (χ4n) is 2.27. The van der Waals surface area contributed by atoms with Crippen LogP contribution < -0.4 is 10.4 Å². The molecule has 0 fully saturated rings. The molecule has 3 rings (SSSR count). The summed E-state index contributed by atoms with van der Waals surface area (Å²) in [5, 5.41) is 15.2. The summed E-state index contributed by atoms with van der Waals surface area (Å²) in [6.45, 7) is 4.56. The number of H-pyrrole nitrogens is 1. The molecule has 1 aromatic carbocycles. The second-order valence-electron chi connectivity index (χ2n) is 5.40. The van der Waals surface area contributed by atoms with Crippen LogP contribution in [0.2, 0.25) is 0 Å². The SMILES string of the molecule is CCCn1c(SC(C)c2nnc(-c3ccc(OC)cc3)o2)n[nH]c1=O. The molecule has 8 nitrogen and oxygen atoms in total. The van der Waals surface area contributed by atoms with E-state index in [0.29, 0.717) is 23.5 Å². The predicted molar refractivity (Wildman–Crippen MR) is 93.7 cm³/mol. The zero-order chi connectivity index (χ0) is 17.8. The summed E-state index contributed by atoms with van der Waals surface area (Å²) in [4.78, 5) is 11.8. The zero-order valence-electron chi connectivity index (χ0n) is 14.2. The average molecular weight is 361 g/mol. The maximum absolute atomic E-state index is 11.8. The average Bonchev–Trinajstić information content (AvgIpc) is 3.25. The van der Waals surface area contributed by atoms with Crippen molar-refractivity contribution in [2.45, 2.75) is 37.2 Å². The van der Waals surface area contributed by atoms with Crippen LogP contribution >= 0.6 is 11.8 Å². The summed E-state index contributed by atoms with van der Waals surface area (Å²) >= 11 is 1.40. The van der Waals surface area contributed by atoms with E-state index in [1.807, 2.05) is 38.1 Å². The maximum Gasteiger partial charge on any atom is 0.343 e. The van der Waals surface area contributed by atoms with Gasteiger partial charge in [-0.05, 0) is 37.6 Å². The van der Waals surface area contributed by atoms with Crippen LogP contribution in [-0.4, -0.2) is 32.1 Å². The summed E-state index contributed by atoms with van der Waals surface area (Å²) in [7, 11) is 1.62. The third-order valence-corrected chi connectivity index (χ3v) is 4.66. The topological polar surface area (TPSA) is 98.8 Å². The van der Waals surface area contributed by atoms with Crippen molar-refractivity contribution in [3.8, 4) is 17.2 Å². The maximum atomic E-state index is 11.8. The Bertz CT molecular complexity index is 884. The van der Waals surface area contributed by atoms with Crippen LogP contribution in [-0.2, 0) is 6.54 Å². The third-order valence-electron chi connectivity index (χ3n) is 3.58. The fourth-order valence-corrected chi connectivity index (χ4v) is 3.18. The van der Waals surface area contributed by atoms with Gasteiger partial charge in [-0.3, -0.25) is 4.57 Å². The van der Waals surface area contributed by atoms with E-state index in [2.05, 4.69) is 20.4 Å². The lowest BCUT2D eigenvalue weighted by atomic mass is 10.2. The molecule has 0 amide bonds. The molecule has 2 aromatic heterocycles. The molecule has 0 saturated heterocycles. The van der Waals surface area contributed by atoms with Crippen LogP contribution in [0.3, 0.4) is 0 Å². The predicted octanol–water partition coefficient (Wildman–Crippen LogP) is 2.89. The molecule has 2 heterocycles. The van der Waals surface area contributed by atoms with Crippen molar-refractivity contribution in [2.24, 2.45) is 0 Å². The zero-order valence-corrected chi connectivity index (χ0v) is 15.0. The van der Waals surface area contributed by atoms with Gasteiger partial charge in [0.1, 0.15) is 5.75 Å². The molecular weight excluding hydrogens is 342 g/mol. The lowest BCUT2D eigenvalue weighted by Crippen LogP contribution is -2.17. The van der Waals surface area contributed by atoms with Crippen molar-refractivity contribution < 1.29 is 9.15 Å². The van der Waals surface area contributed by atoms with Gasteiger partial charge in [-0.1, -0.05) is 18.7 Å². The molecule has 0 aliphatic rings. The van der Waals surface area contributed by atoms with Gasteiger partial charge in [-0.15, -0.1) is 15.3 Å². The van der Waals surface area contributed by atoms with Gasteiger partial charge in [0.15, 0.2) is 5.16 Å². The van der Waals surface area contributed by atoms with Gasteiger partial charge in [0, 0.05) is 12.1 Å². The van der Waals surface area contributed by atoms with Crippen LogP contribution in [0.4, 0.5) is 0 Å². The third kappa shape index (κ3) is 3.76. The smallest absolute Gasteiger partial charge is 0.343 e. The molecule has 0 saturated carbocycles. The summed E-state index contributed by atoms with van der Waals surface area (Å²) < 4.78 is 12.5. The normalized spacial score (nSPS) is 12.3. The molecule has 0 spiro atoms. The highest BCUT2D eigenvalue weighted by atomic mass is 32.2. The van der Waals surface area contributed by atoms with Crippen molar-refractivity contribution in [2.75, 3.05) is 7.11 Å². The summed E-state index contributed by atoms with van der Waals surface area (Å²) in [6.07, 6.45) is 0.851. The number of aromatic amines is 1. The Labute approximate surface area is 148 Å². The van der Waals surface area contributed by atoms with Gasteiger partial charge in [-0.25, -0.2) is 9.89 Å². The molecule has 25 heavy (non-hydrogen) atoms. The van der Waals surface area contributed by atoms with Gasteiger partial charge in [0.2, 0.25) is 11.8 Å². The second kappa shape index (κ2) is 7.56. The van der Waals surface area contributed by atoms with Crippen LogP contribution in [0.25, 0.3) is 11.5 Å². The van der Waals surface area contributed by atoms with E-state index in [9.17, 15) is 4.79 Å². The van der Waals surface area contributed by atoms with Crippen molar-refractivity contribution >= 4 is 11.8 Å². The molecule has 3 aromatic rings. The number of hydrogen-bond donors (Lipinski definition) is 1. The standard InChI is InChI=1S/C16H19N5O3S/c1-4-9-21-15(22)19-20-16(21)25-10(2)13-17-18-14(24-13)11-5-7-12(23-3)8-6-11/h5-8,10H,4,9H2,1-3H3,(H,19,22). The number of aromatic nitrogens is 5. The number of nitrogens with one attached hydrogen (secondary N) is 1. The Hall–Kier alpha value is -2.55. The number of nitrogens with zero attached hydrogens (tertiary/aromatic N) is 4. The minimum absolute atomic E-state index is 0.134. The quantitative estimate of drug-likeness (QED) is 0.646. The Kier molecular flexibility index (Phi) is 5.22. The summed E-state index contributed by atoms with van der Waals surface area (Å²) in [5.41, 5.74) is 0.611. The van der Waals surface area contributed by atoms with Crippen LogP contribution in [0.1, 0.15) is 31.4 Å². The highest BCUT2D eigenvalue weighted by molar-refractivity contribution is 7.99. The van der Waals surface area contributed by atoms with Gasteiger partial charge in [-0.2, -0.15) is 0 Å². The van der Waals surface area contributed by atoms with Crippen molar-refractivity contribution in [3.63, 3.8) is 0 Å². The van der Waals surface area contributed by atoms with E-state index in [1.54, 1.807) is 11.7 Å². The second-order valence-corrected chi connectivity index (χ2v) is 6.70. The minimum atomic E-state index is -0.207. The summed E-state index contributed by atoms with van der Waals surface area (Å²) in [5.74, 6) is 1.69. The molecule has 132 valence electrons. The van der Waals surface area contributed by atoms with E-state index in [-0.39, 0.29) is 10.9 Å². The molecule has 1 unspecified atom stereocenters. The van der Waals surface area contributed by atoms with E-state index < -0.39 is 0 Å². The number of benzene rings is 1. The molecule has 9 heteroatoms. The fraction of sp³-hybridized carbons (Fsp3) is 0.375.